The van der Waals surface area contributed by atoms with E-state index in [0.717, 1.165) is 22.2 Å². The van der Waals surface area contributed by atoms with E-state index in [-0.39, 0.29) is 0 Å². The van der Waals surface area contributed by atoms with Crippen molar-refractivity contribution in [3.8, 4) is 11.1 Å². The van der Waals surface area contributed by atoms with E-state index in [9.17, 15) is 8.42 Å². The lowest BCUT2D eigenvalue weighted by molar-refractivity contribution is 0.602. The van der Waals surface area contributed by atoms with Crippen molar-refractivity contribution in [3.63, 3.8) is 0 Å². The molecule has 1 heterocycles. The Morgan fingerprint density at radius 1 is 0.905 bits per heavy atom. The second kappa shape index (κ2) is 4.93. The molecule has 0 aliphatic rings. The van der Waals surface area contributed by atoms with Gasteiger partial charge in [0.25, 0.3) is 0 Å². The number of hydrogen-bond donors (Lipinski definition) is 0. The van der Waals surface area contributed by atoms with Crippen LogP contribution in [-0.2, 0) is 9.84 Å². The Balaban J connectivity index is 2.34. The second-order valence-corrected chi connectivity index (χ2v) is 6.96. The average molecular weight is 298 g/mol. The topological polar surface area (TPSA) is 59.9 Å². The molecule has 0 atom stereocenters. The molecule has 0 bridgehead atoms. The fraction of sp³-hybridized carbons (Fsp3) is 0.125. The highest BCUT2D eigenvalue weighted by Gasteiger charge is 2.16. The number of aromatic nitrogens is 2. The van der Waals surface area contributed by atoms with E-state index < -0.39 is 9.84 Å². The van der Waals surface area contributed by atoms with Gasteiger partial charge in [0.15, 0.2) is 9.84 Å². The summed E-state index contributed by atoms with van der Waals surface area (Å²) in [6, 6.07) is 10.8. The van der Waals surface area contributed by atoms with Crippen LogP contribution in [0.15, 0.2) is 53.7 Å². The molecule has 3 aromatic rings. The molecule has 0 saturated heterocycles. The van der Waals surface area contributed by atoms with Crippen LogP contribution in [0.25, 0.3) is 22.2 Å². The molecule has 0 radical (unpaired) electrons. The summed E-state index contributed by atoms with van der Waals surface area (Å²) >= 11 is 0. The van der Waals surface area contributed by atoms with E-state index in [1.807, 2.05) is 31.2 Å². The van der Waals surface area contributed by atoms with Crippen LogP contribution in [0.2, 0.25) is 0 Å². The van der Waals surface area contributed by atoms with Gasteiger partial charge in [-0.15, -0.1) is 0 Å². The number of rotatable bonds is 2. The minimum Gasteiger partial charge on any atom is -0.253 e. The summed E-state index contributed by atoms with van der Waals surface area (Å²) in [5.74, 6) is 0. The molecule has 0 aliphatic carbocycles. The van der Waals surface area contributed by atoms with Crippen LogP contribution in [0.3, 0.4) is 0 Å². The van der Waals surface area contributed by atoms with Gasteiger partial charge < -0.3 is 0 Å². The minimum absolute atomic E-state index is 0.330. The van der Waals surface area contributed by atoms with E-state index in [4.69, 9.17) is 0 Å². The Kier molecular flexibility index (Phi) is 3.22. The van der Waals surface area contributed by atoms with E-state index in [1.165, 1.54) is 6.26 Å². The molecule has 0 spiro atoms. The van der Waals surface area contributed by atoms with Crippen molar-refractivity contribution >= 4 is 20.9 Å². The first kappa shape index (κ1) is 13.7. The summed E-state index contributed by atoms with van der Waals surface area (Å²) in [5, 5.41) is 0. The van der Waals surface area contributed by atoms with Gasteiger partial charge in [-0.2, -0.15) is 0 Å². The van der Waals surface area contributed by atoms with Gasteiger partial charge in [-0.05, 0) is 36.2 Å². The lowest BCUT2D eigenvalue weighted by Gasteiger charge is -2.11. The smallest absolute Gasteiger partial charge is 0.176 e. The predicted molar refractivity (Wildman–Crippen MR) is 82.8 cm³/mol. The zero-order chi connectivity index (χ0) is 15.0. The van der Waals surface area contributed by atoms with Crippen molar-refractivity contribution < 1.29 is 8.42 Å². The number of aryl methyl sites for hydroxylation is 1. The summed E-state index contributed by atoms with van der Waals surface area (Å²) in [5.41, 5.74) is 4.09. The maximum Gasteiger partial charge on any atom is 0.176 e. The van der Waals surface area contributed by atoms with Crippen LogP contribution in [0.1, 0.15) is 5.56 Å². The third-order valence-electron chi connectivity index (χ3n) is 3.39. The molecule has 3 rings (SSSR count). The Morgan fingerprint density at radius 2 is 1.52 bits per heavy atom. The predicted octanol–water partition coefficient (Wildman–Crippen LogP) is 3.01. The van der Waals surface area contributed by atoms with Crippen molar-refractivity contribution in [2.45, 2.75) is 11.8 Å². The van der Waals surface area contributed by atoms with Crippen molar-refractivity contribution in [1.82, 2.24) is 9.97 Å². The summed E-state index contributed by atoms with van der Waals surface area (Å²) in [6.45, 7) is 1.95. The number of benzene rings is 2. The van der Waals surface area contributed by atoms with E-state index in [0.29, 0.717) is 10.5 Å². The van der Waals surface area contributed by atoms with Crippen LogP contribution in [0.5, 0.6) is 0 Å². The quantitative estimate of drug-likeness (QED) is 0.729. The van der Waals surface area contributed by atoms with Gasteiger partial charge in [-0.25, -0.2) is 8.42 Å². The van der Waals surface area contributed by atoms with Gasteiger partial charge in [0.1, 0.15) is 0 Å². The molecule has 0 aliphatic heterocycles. The largest absolute Gasteiger partial charge is 0.253 e. The van der Waals surface area contributed by atoms with Gasteiger partial charge >= 0.3 is 0 Å². The third kappa shape index (κ3) is 2.52. The Morgan fingerprint density at radius 3 is 2.19 bits per heavy atom. The molecule has 2 aromatic carbocycles. The van der Waals surface area contributed by atoms with Gasteiger partial charge in [0.05, 0.1) is 15.9 Å². The normalized spacial score (nSPS) is 11.7. The third-order valence-corrected chi connectivity index (χ3v) is 4.55. The maximum absolute atomic E-state index is 12.0. The Labute approximate surface area is 123 Å². The molecule has 21 heavy (non-hydrogen) atoms. The highest BCUT2D eigenvalue weighted by atomic mass is 32.2. The first-order valence-corrected chi connectivity index (χ1v) is 8.37. The first-order chi connectivity index (χ1) is 9.97. The Hall–Kier alpha value is -2.27. The van der Waals surface area contributed by atoms with Crippen molar-refractivity contribution in [3.05, 3.63) is 54.4 Å². The lowest BCUT2D eigenvalue weighted by Crippen LogP contribution is -2.00. The fourth-order valence-corrected chi connectivity index (χ4v) is 3.32. The van der Waals surface area contributed by atoms with Crippen LogP contribution >= 0.6 is 0 Å². The zero-order valence-electron chi connectivity index (χ0n) is 11.7. The van der Waals surface area contributed by atoms with Crippen LogP contribution in [0, 0.1) is 6.92 Å². The molecule has 106 valence electrons. The molecule has 0 fully saturated rings. The minimum atomic E-state index is -3.29. The zero-order valence-corrected chi connectivity index (χ0v) is 12.6. The molecule has 0 N–H and O–H groups in total. The van der Waals surface area contributed by atoms with Gasteiger partial charge in [0, 0.05) is 24.2 Å². The van der Waals surface area contributed by atoms with Crippen molar-refractivity contribution in [2.75, 3.05) is 6.26 Å². The number of nitrogens with zero attached hydrogens (tertiary/aromatic N) is 2. The molecule has 1 aromatic heterocycles. The molecule has 5 heteroatoms. The maximum atomic E-state index is 12.0. The van der Waals surface area contributed by atoms with Gasteiger partial charge in [-0.1, -0.05) is 18.2 Å². The standard InChI is InChI=1S/C16H14N2O2S/c1-11-9-14-15(18-8-7-17-14)10-13(11)12-5-3-4-6-16(12)21(2,19)20/h3-10H,1-2H3. The average Bonchev–Trinajstić information content (AvgIpc) is 2.45. The fourth-order valence-electron chi connectivity index (χ4n) is 2.42. The van der Waals surface area contributed by atoms with Crippen LogP contribution < -0.4 is 0 Å². The molecule has 0 amide bonds. The molecular formula is C16H14N2O2S. The summed E-state index contributed by atoms with van der Waals surface area (Å²) in [6.07, 6.45) is 4.50. The Bertz CT molecular complexity index is 934. The summed E-state index contributed by atoms with van der Waals surface area (Å²) in [7, 11) is -3.29. The SMILES string of the molecule is Cc1cc2nccnc2cc1-c1ccccc1S(C)(=O)=O. The lowest BCUT2D eigenvalue weighted by atomic mass is 9.99. The van der Waals surface area contributed by atoms with E-state index in [1.54, 1.807) is 24.5 Å². The monoisotopic (exact) mass is 298 g/mol. The highest BCUT2D eigenvalue weighted by Crippen LogP contribution is 2.31. The molecule has 4 nitrogen and oxygen atoms in total. The molecule has 0 unspecified atom stereocenters. The van der Waals surface area contributed by atoms with Crippen LogP contribution in [-0.4, -0.2) is 24.6 Å². The van der Waals surface area contributed by atoms with E-state index in [2.05, 4.69) is 9.97 Å². The summed E-state index contributed by atoms with van der Waals surface area (Å²) in [4.78, 5) is 8.89. The van der Waals surface area contributed by atoms with Crippen LogP contribution in [0.4, 0.5) is 0 Å². The van der Waals surface area contributed by atoms with Gasteiger partial charge in [-0.3, -0.25) is 9.97 Å². The molecular weight excluding hydrogens is 284 g/mol. The number of sulfone groups is 1. The molecule has 0 saturated carbocycles. The highest BCUT2D eigenvalue weighted by molar-refractivity contribution is 7.90. The summed E-state index contributed by atoms with van der Waals surface area (Å²) < 4.78 is 23.9. The number of fused-ring (bicyclic) bond motifs is 1. The van der Waals surface area contributed by atoms with E-state index >= 15 is 0 Å². The second-order valence-electron chi connectivity index (χ2n) is 4.98. The van der Waals surface area contributed by atoms with Crippen molar-refractivity contribution in [1.29, 1.82) is 0 Å². The van der Waals surface area contributed by atoms with Crippen molar-refractivity contribution in [2.24, 2.45) is 0 Å². The first-order valence-electron chi connectivity index (χ1n) is 6.47. The number of hydrogen-bond acceptors (Lipinski definition) is 4. The van der Waals surface area contributed by atoms with Gasteiger partial charge in [0.2, 0.25) is 0 Å².